The number of hydrogen-bond donors (Lipinski definition) is 1. The summed E-state index contributed by atoms with van der Waals surface area (Å²) >= 11 is -1.30. The third-order valence-electron chi connectivity index (χ3n) is 7.83. The Kier molecular flexibility index (Phi) is 10.3. The molecule has 11 heteroatoms. The molecule has 0 aromatic carbocycles. The standard InChI is InChI=1S/C23H40F6N2PS2/c1-21(2,31(33-22(24,25)26)34-23(27,28)29)30-32(18-12-6-3-7-13-18,19-14-8-4-9-15-19)20-16-10-5-11-17-20/h18-20,30H,3-17H2,1-2H3/q+1. The molecule has 0 spiro atoms. The zero-order valence-corrected chi connectivity index (χ0v) is 22.8. The molecular formula is C23H40F6N2PS2+. The van der Waals surface area contributed by atoms with Gasteiger partial charge in [-0.1, -0.05) is 19.3 Å². The van der Waals surface area contributed by atoms with Crippen LogP contribution in [0.1, 0.15) is 110 Å². The third-order valence-corrected chi connectivity index (χ3v) is 16.0. The first kappa shape index (κ1) is 29.2. The van der Waals surface area contributed by atoms with Crippen LogP contribution in [0.25, 0.3) is 0 Å². The molecule has 0 aromatic rings. The molecule has 0 atom stereocenters. The molecule has 34 heavy (non-hydrogen) atoms. The molecule has 0 radical (unpaired) electrons. The van der Waals surface area contributed by atoms with E-state index in [1.54, 1.807) is 0 Å². The summed E-state index contributed by atoms with van der Waals surface area (Å²) in [7, 11) is -2.08. The van der Waals surface area contributed by atoms with E-state index >= 15 is 0 Å². The normalized spacial score (nSPS) is 23.6. The number of halogens is 6. The van der Waals surface area contributed by atoms with E-state index in [0.717, 1.165) is 77.0 Å². The van der Waals surface area contributed by atoms with E-state index in [9.17, 15) is 26.3 Å². The van der Waals surface area contributed by atoms with Gasteiger partial charge in [-0.2, -0.15) is 35.1 Å². The van der Waals surface area contributed by atoms with Crippen LogP contribution < -0.4 is 5.09 Å². The van der Waals surface area contributed by atoms with Crippen molar-refractivity contribution in [1.82, 2.24) is 8.80 Å². The van der Waals surface area contributed by atoms with E-state index < -0.39 is 48.0 Å². The minimum atomic E-state index is -4.79. The van der Waals surface area contributed by atoms with Crippen LogP contribution in [0.5, 0.6) is 0 Å². The summed E-state index contributed by atoms with van der Waals surface area (Å²) in [5, 5.41) is 3.76. The Balaban J connectivity index is 2.03. The van der Waals surface area contributed by atoms with Crippen LogP contribution in [0, 0.1) is 0 Å². The Morgan fingerprint density at radius 3 is 1.15 bits per heavy atom. The highest BCUT2D eigenvalue weighted by molar-refractivity contribution is 8.12. The highest BCUT2D eigenvalue weighted by atomic mass is 32.2. The first-order valence-electron chi connectivity index (χ1n) is 12.8. The molecule has 0 unspecified atom stereocenters. The molecule has 0 aliphatic heterocycles. The lowest BCUT2D eigenvalue weighted by molar-refractivity contribution is -0.0406. The highest BCUT2D eigenvalue weighted by Gasteiger charge is 2.61. The predicted octanol–water partition coefficient (Wildman–Crippen LogP) is 9.88. The van der Waals surface area contributed by atoms with Crippen molar-refractivity contribution < 1.29 is 26.3 Å². The summed E-state index contributed by atoms with van der Waals surface area (Å²) in [4.78, 5) is 0. The van der Waals surface area contributed by atoms with Crippen LogP contribution in [0.2, 0.25) is 0 Å². The molecule has 0 saturated heterocycles. The van der Waals surface area contributed by atoms with Crippen molar-refractivity contribution in [3.63, 3.8) is 0 Å². The van der Waals surface area contributed by atoms with Crippen molar-refractivity contribution in [2.45, 2.75) is 144 Å². The van der Waals surface area contributed by atoms with Gasteiger partial charge in [-0.15, -0.1) is 0 Å². The van der Waals surface area contributed by atoms with Gasteiger partial charge in [0.1, 0.15) is 5.66 Å². The average Bonchev–Trinajstić information content (AvgIpc) is 2.77. The molecule has 3 aliphatic carbocycles. The first-order valence-corrected chi connectivity index (χ1v) is 16.4. The molecule has 0 bridgehead atoms. The zero-order chi connectivity index (χ0) is 25.0. The maximum atomic E-state index is 13.4. The van der Waals surface area contributed by atoms with Crippen LogP contribution in [-0.4, -0.2) is 37.4 Å². The van der Waals surface area contributed by atoms with Crippen LogP contribution in [0.4, 0.5) is 26.3 Å². The van der Waals surface area contributed by atoms with Crippen molar-refractivity contribution in [3.8, 4) is 0 Å². The summed E-state index contributed by atoms with van der Waals surface area (Å²) in [5.41, 5.74) is -9.83. The predicted molar refractivity (Wildman–Crippen MR) is 134 cm³/mol. The monoisotopic (exact) mass is 553 g/mol. The average molecular weight is 554 g/mol. The second kappa shape index (κ2) is 12.0. The van der Waals surface area contributed by atoms with Crippen molar-refractivity contribution in [2.75, 3.05) is 0 Å². The molecular weight excluding hydrogens is 513 g/mol. The summed E-state index contributed by atoms with van der Waals surface area (Å²) in [6.07, 6.45) is 16.6. The van der Waals surface area contributed by atoms with E-state index in [2.05, 4.69) is 5.09 Å². The second-order valence-corrected chi connectivity index (χ2v) is 17.0. The van der Waals surface area contributed by atoms with Gasteiger partial charge in [-0.25, -0.2) is 0 Å². The van der Waals surface area contributed by atoms with E-state index in [1.165, 1.54) is 33.1 Å². The smallest absolute Gasteiger partial charge is 0.170 e. The topological polar surface area (TPSA) is 15.3 Å². The van der Waals surface area contributed by atoms with Crippen LogP contribution >= 0.6 is 31.3 Å². The summed E-state index contributed by atoms with van der Waals surface area (Å²) in [6.45, 7) is 3.07. The van der Waals surface area contributed by atoms with Gasteiger partial charge in [0.2, 0.25) is 0 Å². The Bertz CT molecular complexity index is 566. The lowest BCUT2D eigenvalue weighted by Crippen LogP contribution is -2.56. The summed E-state index contributed by atoms with van der Waals surface area (Å²) < 4.78 is 81.0. The van der Waals surface area contributed by atoms with Gasteiger partial charge in [0.05, 0.1) is 24.4 Å². The molecule has 2 nitrogen and oxygen atoms in total. The summed E-state index contributed by atoms with van der Waals surface area (Å²) in [6, 6.07) is 0. The van der Waals surface area contributed by atoms with Crippen LogP contribution in [-0.2, 0) is 0 Å². The van der Waals surface area contributed by atoms with Crippen molar-refractivity contribution in [1.29, 1.82) is 0 Å². The van der Waals surface area contributed by atoms with Gasteiger partial charge in [0.15, 0.2) is 0 Å². The largest absolute Gasteiger partial charge is 0.457 e. The van der Waals surface area contributed by atoms with Gasteiger partial charge in [0, 0.05) is 23.9 Å². The SMILES string of the molecule is CC(C)(N[P+](C1CCCCC1)(C1CCCCC1)C1CCCCC1)N(SC(F)(F)F)SC(F)(F)F. The Hall–Kier alpha value is 0.630. The molecule has 1 N–H and O–H groups in total. The van der Waals surface area contributed by atoms with Crippen molar-refractivity contribution >= 4 is 31.3 Å². The van der Waals surface area contributed by atoms with Gasteiger partial charge in [-0.05, 0) is 90.9 Å². The molecule has 3 saturated carbocycles. The lowest BCUT2D eigenvalue weighted by atomic mass is 9.99. The van der Waals surface area contributed by atoms with E-state index in [0.29, 0.717) is 20.7 Å². The number of nitrogens with zero attached hydrogens (tertiary/aromatic N) is 1. The third kappa shape index (κ3) is 7.82. The molecule has 200 valence electrons. The number of nitrogens with one attached hydrogen (secondary N) is 1. The van der Waals surface area contributed by atoms with Gasteiger partial charge < -0.3 is 0 Å². The number of alkyl halides is 6. The molecule has 3 aliphatic rings. The van der Waals surface area contributed by atoms with Gasteiger partial charge in [-0.3, -0.25) is 0 Å². The molecule has 0 aromatic heterocycles. The Morgan fingerprint density at radius 1 is 0.588 bits per heavy atom. The van der Waals surface area contributed by atoms with Crippen molar-refractivity contribution in [2.24, 2.45) is 0 Å². The molecule has 0 heterocycles. The fraction of sp³-hybridized carbons (Fsp3) is 1.00. The molecule has 3 fully saturated rings. The maximum Gasteiger partial charge on any atom is 0.457 e. The van der Waals surface area contributed by atoms with E-state index in [4.69, 9.17) is 0 Å². The molecule has 3 rings (SSSR count). The minimum Gasteiger partial charge on any atom is -0.170 e. The first-order chi connectivity index (χ1) is 15.8. The quantitative estimate of drug-likeness (QED) is 0.139. The number of hydrogen-bond acceptors (Lipinski definition) is 4. The Labute approximate surface area is 210 Å². The molecule has 0 amide bonds. The number of rotatable bonds is 8. The fourth-order valence-corrected chi connectivity index (χ4v) is 15.4. The lowest BCUT2D eigenvalue weighted by Gasteiger charge is -2.52. The summed E-state index contributed by atoms with van der Waals surface area (Å²) in [5.74, 6) is 0. The fourth-order valence-electron chi connectivity index (χ4n) is 6.64. The van der Waals surface area contributed by atoms with Crippen LogP contribution in [0.3, 0.4) is 0 Å². The van der Waals surface area contributed by atoms with Gasteiger partial charge >= 0.3 is 11.0 Å². The van der Waals surface area contributed by atoms with E-state index in [-0.39, 0.29) is 0 Å². The van der Waals surface area contributed by atoms with E-state index in [1.807, 2.05) is 0 Å². The zero-order valence-electron chi connectivity index (χ0n) is 20.3. The Morgan fingerprint density at radius 2 is 0.882 bits per heavy atom. The van der Waals surface area contributed by atoms with Gasteiger partial charge in [0.25, 0.3) is 0 Å². The second-order valence-electron chi connectivity index (χ2n) is 10.7. The highest BCUT2D eigenvalue weighted by Crippen LogP contribution is 2.75. The minimum absolute atomic E-state index is 0.403. The maximum absolute atomic E-state index is 13.4. The van der Waals surface area contributed by atoms with Crippen LogP contribution in [0.15, 0.2) is 0 Å². The van der Waals surface area contributed by atoms with Crippen molar-refractivity contribution in [3.05, 3.63) is 0 Å².